The number of hydrogen-bond acceptors (Lipinski definition) is 9. The summed E-state index contributed by atoms with van der Waals surface area (Å²) in [5, 5.41) is 7.17. The second-order valence-corrected chi connectivity index (χ2v) is 11.9. The van der Waals surface area contributed by atoms with Gasteiger partial charge in [0.2, 0.25) is 11.9 Å². The minimum absolute atomic E-state index is 0.230. The summed E-state index contributed by atoms with van der Waals surface area (Å²) in [6.07, 6.45) is 5.46. The van der Waals surface area contributed by atoms with Crippen molar-refractivity contribution in [3.8, 4) is 0 Å². The summed E-state index contributed by atoms with van der Waals surface area (Å²) in [7, 11) is 0. The zero-order valence-electron chi connectivity index (χ0n) is 25.2. The number of piperidine rings is 1. The molecule has 1 amide bonds. The third-order valence-corrected chi connectivity index (χ3v) is 8.92. The summed E-state index contributed by atoms with van der Waals surface area (Å²) in [5.74, 6) is 1.51. The fourth-order valence-electron chi connectivity index (χ4n) is 6.41. The van der Waals surface area contributed by atoms with Crippen LogP contribution in [0.4, 0.5) is 23.1 Å². The molecule has 2 N–H and O–H groups in total. The van der Waals surface area contributed by atoms with Crippen LogP contribution in [0.25, 0.3) is 11.2 Å². The fraction of sp³-hybridized carbons (Fsp3) is 0.455. The highest BCUT2D eigenvalue weighted by molar-refractivity contribution is 5.85. The number of likely N-dealkylation sites (tertiary alicyclic amines) is 2. The number of amides is 1. The minimum Gasteiger partial charge on any atom is -0.378 e. The number of anilines is 4. The van der Waals surface area contributed by atoms with Crippen LogP contribution in [0.1, 0.15) is 31.2 Å². The number of aromatic nitrogens is 4. The standard InChI is InChI=1S/C33H41N9O2/c43-29-7-4-14-41(29)17-18-42-24-34-30-31(35-27-12-15-39(16-13-27)23-25-5-2-1-3-6-25)37-33(38-32(30)42)36-26-8-10-28(11-9-26)40-19-21-44-22-20-40/h1-3,5-6,8-11,24,27H,4,7,12-23H2,(H2,35,36,37,38). The highest BCUT2D eigenvalue weighted by Gasteiger charge is 2.23. The van der Waals surface area contributed by atoms with Crippen molar-refractivity contribution in [3.63, 3.8) is 0 Å². The predicted octanol–water partition coefficient (Wildman–Crippen LogP) is 4.11. The largest absolute Gasteiger partial charge is 0.378 e. The van der Waals surface area contributed by atoms with E-state index in [2.05, 4.69) is 75.0 Å². The van der Waals surface area contributed by atoms with E-state index in [4.69, 9.17) is 19.7 Å². The molecule has 3 saturated heterocycles. The molecule has 3 fully saturated rings. The molecule has 0 spiro atoms. The van der Waals surface area contributed by atoms with E-state index in [1.807, 2.05) is 15.8 Å². The molecule has 0 radical (unpaired) electrons. The fourth-order valence-corrected chi connectivity index (χ4v) is 6.41. The zero-order chi connectivity index (χ0) is 29.7. The number of ether oxygens (including phenoxy) is 1. The maximum Gasteiger partial charge on any atom is 0.231 e. The maximum atomic E-state index is 12.2. The first-order valence-electron chi connectivity index (χ1n) is 15.9. The number of benzene rings is 2. The lowest BCUT2D eigenvalue weighted by Crippen LogP contribution is -2.38. The second-order valence-electron chi connectivity index (χ2n) is 11.9. The Balaban J connectivity index is 1.08. The molecule has 230 valence electrons. The number of hydrogen-bond donors (Lipinski definition) is 2. The third-order valence-electron chi connectivity index (χ3n) is 8.92. The number of carbonyl (C=O) groups excluding carboxylic acids is 1. The van der Waals surface area contributed by atoms with E-state index in [0.717, 1.165) is 94.4 Å². The number of carbonyl (C=O) groups is 1. The topological polar surface area (TPSA) is 104 Å². The first-order valence-corrected chi connectivity index (χ1v) is 15.9. The summed E-state index contributed by atoms with van der Waals surface area (Å²) < 4.78 is 7.55. The van der Waals surface area contributed by atoms with Crippen molar-refractivity contribution in [2.45, 2.75) is 44.8 Å². The molecular weight excluding hydrogens is 554 g/mol. The Morgan fingerprint density at radius 1 is 0.886 bits per heavy atom. The minimum atomic E-state index is 0.230. The van der Waals surface area contributed by atoms with Crippen LogP contribution in [0.15, 0.2) is 60.9 Å². The monoisotopic (exact) mass is 595 g/mol. The zero-order valence-corrected chi connectivity index (χ0v) is 25.2. The average Bonchev–Trinajstić information content (AvgIpc) is 3.67. The Morgan fingerprint density at radius 3 is 2.43 bits per heavy atom. The molecule has 0 atom stereocenters. The number of morpholine rings is 1. The van der Waals surface area contributed by atoms with Crippen LogP contribution in [-0.4, -0.2) is 93.8 Å². The predicted molar refractivity (Wildman–Crippen MR) is 172 cm³/mol. The van der Waals surface area contributed by atoms with E-state index in [1.165, 1.54) is 11.3 Å². The van der Waals surface area contributed by atoms with Gasteiger partial charge in [-0.25, -0.2) is 4.98 Å². The Morgan fingerprint density at radius 2 is 1.68 bits per heavy atom. The van der Waals surface area contributed by atoms with Crippen molar-refractivity contribution in [2.24, 2.45) is 0 Å². The van der Waals surface area contributed by atoms with Gasteiger partial charge >= 0.3 is 0 Å². The van der Waals surface area contributed by atoms with Crippen molar-refractivity contribution in [2.75, 3.05) is 68.0 Å². The first kappa shape index (κ1) is 28.5. The van der Waals surface area contributed by atoms with E-state index >= 15 is 0 Å². The van der Waals surface area contributed by atoms with Gasteiger partial charge in [0, 0.05) is 76.2 Å². The van der Waals surface area contributed by atoms with Crippen molar-refractivity contribution < 1.29 is 9.53 Å². The molecule has 5 heterocycles. The first-order chi connectivity index (χ1) is 21.7. The van der Waals surface area contributed by atoms with E-state index in [0.29, 0.717) is 31.5 Å². The van der Waals surface area contributed by atoms with Gasteiger partial charge in [-0.05, 0) is 49.1 Å². The average molecular weight is 596 g/mol. The molecule has 2 aromatic heterocycles. The van der Waals surface area contributed by atoms with Gasteiger partial charge in [-0.15, -0.1) is 0 Å². The number of fused-ring (bicyclic) bond motifs is 1. The molecule has 0 bridgehead atoms. The van der Waals surface area contributed by atoms with Crippen LogP contribution in [-0.2, 0) is 22.6 Å². The maximum absolute atomic E-state index is 12.2. The Labute approximate surface area is 258 Å². The molecule has 7 rings (SSSR count). The number of rotatable bonds is 10. The summed E-state index contributed by atoms with van der Waals surface area (Å²) in [6.45, 7) is 8.48. The molecule has 4 aromatic rings. The summed E-state index contributed by atoms with van der Waals surface area (Å²) in [6, 6.07) is 19.4. The quantitative estimate of drug-likeness (QED) is 0.280. The van der Waals surface area contributed by atoms with Crippen LogP contribution in [0.3, 0.4) is 0 Å². The van der Waals surface area contributed by atoms with Gasteiger partial charge in [0.1, 0.15) is 0 Å². The second kappa shape index (κ2) is 13.2. The molecule has 11 nitrogen and oxygen atoms in total. The number of imidazole rings is 1. The van der Waals surface area contributed by atoms with Gasteiger partial charge in [-0.1, -0.05) is 30.3 Å². The van der Waals surface area contributed by atoms with Crippen LogP contribution < -0.4 is 15.5 Å². The van der Waals surface area contributed by atoms with Crippen LogP contribution in [0.2, 0.25) is 0 Å². The molecule has 3 aliphatic rings. The lowest BCUT2D eigenvalue weighted by atomic mass is 10.0. The van der Waals surface area contributed by atoms with Crippen molar-refractivity contribution in [1.82, 2.24) is 29.3 Å². The molecule has 0 saturated carbocycles. The lowest BCUT2D eigenvalue weighted by Gasteiger charge is -2.32. The Hall–Kier alpha value is -4.22. The van der Waals surface area contributed by atoms with E-state index in [9.17, 15) is 4.79 Å². The third kappa shape index (κ3) is 6.63. The van der Waals surface area contributed by atoms with Crippen LogP contribution in [0.5, 0.6) is 0 Å². The molecule has 44 heavy (non-hydrogen) atoms. The van der Waals surface area contributed by atoms with Gasteiger partial charge in [-0.3, -0.25) is 9.69 Å². The van der Waals surface area contributed by atoms with Gasteiger partial charge in [0.25, 0.3) is 0 Å². The van der Waals surface area contributed by atoms with Crippen LogP contribution >= 0.6 is 0 Å². The molecular formula is C33H41N9O2. The van der Waals surface area contributed by atoms with Crippen LogP contribution in [0, 0.1) is 0 Å². The van der Waals surface area contributed by atoms with Crippen molar-refractivity contribution in [3.05, 3.63) is 66.5 Å². The summed E-state index contributed by atoms with van der Waals surface area (Å²) in [4.78, 5) is 33.6. The highest BCUT2D eigenvalue weighted by Crippen LogP contribution is 2.27. The molecule has 0 unspecified atom stereocenters. The lowest BCUT2D eigenvalue weighted by molar-refractivity contribution is -0.127. The summed E-state index contributed by atoms with van der Waals surface area (Å²) in [5.41, 5.74) is 4.99. The van der Waals surface area contributed by atoms with Gasteiger partial charge in [0.15, 0.2) is 17.0 Å². The Bertz CT molecular complexity index is 1550. The van der Waals surface area contributed by atoms with Gasteiger partial charge < -0.3 is 29.7 Å². The van der Waals surface area contributed by atoms with Gasteiger partial charge in [0.05, 0.1) is 19.5 Å². The summed E-state index contributed by atoms with van der Waals surface area (Å²) >= 11 is 0. The normalized spacial score (nSPS) is 18.3. The molecule has 2 aromatic carbocycles. The highest BCUT2D eigenvalue weighted by atomic mass is 16.5. The Kier molecular flexibility index (Phi) is 8.56. The van der Waals surface area contributed by atoms with E-state index in [-0.39, 0.29) is 5.91 Å². The molecule has 3 aliphatic heterocycles. The van der Waals surface area contributed by atoms with Crippen molar-refractivity contribution >= 4 is 40.2 Å². The smallest absolute Gasteiger partial charge is 0.231 e. The molecule has 11 heteroatoms. The van der Waals surface area contributed by atoms with E-state index < -0.39 is 0 Å². The van der Waals surface area contributed by atoms with E-state index in [1.54, 1.807) is 0 Å². The number of nitrogens with one attached hydrogen (secondary N) is 2. The van der Waals surface area contributed by atoms with Crippen molar-refractivity contribution in [1.29, 1.82) is 0 Å². The van der Waals surface area contributed by atoms with Gasteiger partial charge in [-0.2, -0.15) is 9.97 Å². The number of nitrogens with zero attached hydrogens (tertiary/aromatic N) is 7. The molecule has 0 aliphatic carbocycles. The SMILES string of the molecule is O=C1CCCN1CCn1cnc2c(NC3CCN(Cc4ccccc4)CC3)nc(Nc3ccc(N4CCOCC4)cc3)nc21.